The Hall–Kier alpha value is -0.920. The first-order valence-electron chi connectivity index (χ1n) is 7.72. The highest BCUT2D eigenvalue weighted by Crippen LogP contribution is 2.27. The van der Waals surface area contributed by atoms with E-state index in [-0.39, 0.29) is 11.9 Å². The van der Waals surface area contributed by atoms with Gasteiger partial charge in [0.05, 0.1) is 0 Å². The molecule has 1 fully saturated rings. The van der Waals surface area contributed by atoms with Crippen molar-refractivity contribution in [2.24, 2.45) is 5.92 Å². The molecule has 1 saturated carbocycles. The molecule has 1 amide bonds. The number of thiophene rings is 1. The first kappa shape index (κ1) is 17.4. The minimum atomic E-state index is -3.42. The van der Waals surface area contributed by atoms with Crippen molar-refractivity contribution in [1.29, 1.82) is 0 Å². The van der Waals surface area contributed by atoms with Gasteiger partial charge in [-0.25, -0.2) is 13.1 Å². The van der Waals surface area contributed by atoms with Gasteiger partial charge in [-0.3, -0.25) is 4.79 Å². The van der Waals surface area contributed by atoms with Gasteiger partial charge in [0.15, 0.2) is 0 Å². The van der Waals surface area contributed by atoms with Gasteiger partial charge in [-0.15, -0.1) is 11.3 Å². The van der Waals surface area contributed by atoms with Crippen molar-refractivity contribution in [3.05, 3.63) is 17.0 Å². The summed E-state index contributed by atoms with van der Waals surface area (Å²) in [7, 11) is -3.42. The number of hydrogen-bond donors (Lipinski definition) is 2. The van der Waals surface area contributed by atoms with Crippen LogP contribution in [-0.4, -0.2) is 26.9 Å². The van der Waals surface area contributed by atoms with Crippen molar-refractivity contribution in [2.75, 3.05) is 6.54 Å². The molecular weight excluding hydrogens is 320 g/mol. The van der Waals surface area contributed by atoms with E-state index in [4.69, 9.17) is 0 Å². The standard InChI is InChI=1S/C15H24N2O3S2/c1-11-4-3-5-13(10-11)17-22(19,20)15-7-6-14(21-15)8-9-16-12(2)18/h6-7,11,13,17H,3-5,8-10H2,1-2H3,(H,16,18). The first-order chi connectivity index (χ1) is 10.4. The highest BCUT2D eigenvalue weighted by Gasteiger charge is 2.25. The molecule has 2 atom stereocenters. The van der Waals surface area contributed by atoms with Crippen LogP contribution in [0.25, 0.3) is 0 Å². The van der Waals surface area contributed by atoms with Crippen LogP contribution in [0.5, 0.6) is 0 Å². The fourth-order valence-corrected chi connectivity index (χ4v) is 5.47. The smallest absolute Gasteiger partial charge is 0.250 e. The summed E-state index contributed by atoms with van der Waals surface area (Å²) >= 11 is 1.28. The van der Waals surface area contributed by atoms with Crippen LogP contribution in [-0.2, 0) is 21.2 Å². The van der Waals surface area contributed by atoms with Crippen LogP contribution in [0.15, 0.2) is 16.3 Å². The van der Waals surface area contributed by atoms with Crippen LogP contribution in [0.3, 0.4) is 0 Å². The van der Waals surface area contributed by atoms with Gasteiger partial charge in [0.2, 0.25) is 15.9 Å². The number of carbonyl (C=O) groups is 1. The summed E-state index contributed by atoms with van der Waals surface area (Å²) in [6, 6.07) is 3.53. The maximum atomic E-state index is 12.4. The topological polar surface area (TPSA) is 75.3 Å². The van der Waals surface area contributed by atoms with Crippen molar-refractivity contribution < 1.29 is 13.2 Å². The predicted octanol–water partition coefficient (Wildman–Crippen LogP) is 2.28. The van der Waals surface area contributed by atoms with Crippen LogP contribution in [0.2, 0.25) is 0 Å². The zero-order chi connectivity index (χ0) is 16.2. The number of hydrogen-bond acceptors (Lipinski definition) is 4. The maximum Gasteiger partial charge on any atom is 0.250 e. The third kappa shape index (κ3) is 5.07. The Bertz CT molecular complexity index is 610. The van der Waals surface area contributed by atoms with Crippen molar-refractivity contribution >= 4 is 27.3 Å². The molecule has 1 aliphatic rings. The second kappa shape index (κ2) is 7.57. The Morgan fingerprint density at radius 3 is 2.82 bits per heavy atom. The molecule has 2 unspecified atom stereocenters. The summed E-state index contributed by atoms with van der Waals surface area (Å²) in [5, 5.41) is 2.72. The first-order valence-corrected chi connectivity index (χ1v) is 10.0. The quantitative estimate of drug-likeness (QED) is 0.831. The van der Waals surface area contributed by atoms with E-state index >= 15 is 0 Å². The van der Waals surface area contributed by atoms with Gasteiger partial charge in [0, 0.05) is 24.4 Å². The molecule has 0 saturated heterocycles. The molecule has 0 radical (unpaired) electrons. The Morgan fingerprint density at radius 1 is 1.36 bits per heavy atom. The van der Waals surface area contributed by atoms with Gasteiger partial charge in [-0.1, -0.05) is 19.8 Å². The average Bonchev–Trinajstić information content (AvgIpc) is 2.87. The molecule has 1 aromatic rings. The lowest BCUT2D eigenvalue weighted by Gasteiger charge is -2.26. The highest BCUT2D eigenvalue weighted by atomic mass is 32.2. The SMILES string of the molecule is CC(=O)NCCc1ccc(S(=O)(=O)NC2CCCC(C)C2)s1. The predicted molar refractivity (Wildman–Crippen MR) is 88.4 cm³/mol. The van der Waals surface area contributed by atoms with E-state index < -0.39 is 10.0 Å². The summed E-state index contributed by atoms with van der Waals surface area (Å²) in [6.07, 6.45) is 4.76. The lowest BCUT2D eigenvalue weighted by atomic mass is 9.88. The molecule has 0 spiro atoms. The van der Waals surface area contributed by atoms with Crippen LogP contribution in [0.1, 0.15) is 44.4 Å². The summed E-state index contributed by atoms with van der Waals surface area (Å²) in [5.41, 5.74) is 0. The Balaban J connectivity index is 1.94. The number of nitrogens with one attached hydrogen (secondary N) is 2. The molecule has 0 bridgehead atoms. The lowest BCUT2D eigenvalue weighted by Crippen LogP contribution is -2.37. The minimum absolute atomic E-state index is 0.0543. The Kier molecular flexibility index (Phi) is 6.00. The lowest BCUT2D eigenvalue weighted by molar-refractivity contribution is -0.118. The van der Waals surface area contributed by atoms with E-state index in [1.54, 1.807) is 6.07 Å². The summed E-state index contributed by atoms with van der Waals surface area (Å²) < 4.78 is 28.1. The van der Waals surface area contributed by atoms with Gasteiger partial charge in [-0.05, 0) is 37.3 Å². The normalized spacial score (nSPS) is 22.5. The van der Waals surface area contributed by atoms with E-state index in [2.05, 4.69) is 17.0 Å². The fourth-order valence-electron chi connectivity index (χ4n) is 2.82. The Morgan fingerprint density at radius 2 is 2.14 bits per heavy atom. The van der Waals surface area contributed by atoms with E-state index in [1.807, 2.05) is 6.07 Å². The molecule has 124 valence electrons. The summed E-state index contributed by atoms with van der Waals surface area (Å²) in [6.45, 7) is 4.17. The van der Waals surface area contributed by atoms with Gasteiger partial charge in [0.1, 0.15) is 4.21 Å². The van der Waals surface area contributed by atoms with Crippen molar-refractivity contribution in [3.63, 3.8) is 0 Å². The molecule has 2 N–H and O–H groups in total. The van der Waals surface area contributed by atoms with Crippen molar-refractivity contribution in [1.82, 2.24) is 10.0 Å². The molecule has 0 aliphatic heterocycles. The Labute approximate surface area is 136 Å². The average molecular weight is 345 g/mol. The molecule has 1 aromatic heterocycles. The van der Waals surface area contributed by atoms with Crippen LogP contribution >= 0.6 is 11.3 Å². The van der Waals surface area contributed by atoms with E-state index in [0.29, 0.717) is 23.1 Å². The zero-order valence-corrected chi connectivity index (χ0v) is 14.7. The molecule has 7 heteroatoms. The molecule has 1 aliphatic carbocycles. The maximum absolute atomic E-state index is 12.4. The van der Waals surface area contributed by atoms with Gasteiger partial charge < -0.3 is 5.32 Å². The molecule has 5 nitrogen and oxygen atoms in total. The second-order valence-corrected chi connectivity index (χ2v) is 9.15. The van der Waals surface area contributed by atoms with E-state index in [1.165, 1.54) is 24.7 Å². The van der Waals surface area contributed by atoms with Gasteiger partial charge >= 0.3 is 0 Å². The third-order valence-corrected chi connectivity index (χ3v) is 7.06. The van der Waals surface area contributed by atoms with Crippen LogP contribution in [0, 0.1) is 5.92 Å². The van der Waals surface area contributed by atoms with E-state index in [9.17, 15) is 13.2 Å². The highest BCUT2D eigenvalue weighted by molar-refractivity contribution is 7.91. The molecule has 2 rings (SSSR count). The monoisotopic (exact) mass is 344 g/mol. The van der Waals surface area contributed by atoms with Gasteiger partial charge in [0.25, 0.3) is 0 Å². The van der Waals surface area contributed by atoms with Crippen LogP contribution in [0.4, 0.5) is 0 Å². The van der Waals surface area contributed by atoms with E-state index in [0.717, 1.165) is 24.1 Å². The van der Waals surface area contributed by atoms with Crippen LogP contribution < -0.4 is 10.0 Å². The van der Waals surface area contributed by atoms with Gasteiger partial charge in [-0.2, -0.15) is 0 Å². The largest absolute Gasteiger partial charge is 0.356 e. The molecule has 22 heavy (non-hydrogen) atoms. The molecule has 0 aromatic carbocycles. The molecular formula is C15H24N2O3S2. The second-order valence-electron chi connectivity index (χ2n) is 6.04. The van der Waals surface area contributed by atoms with Crippen molar-refractivity contribution in [2.45, 2.75) is 56.2 Å². The minimum Gasteiger partial charge on any atom is -0.356 e. The summed E-state index contributed by atoms with van der Waals surface area (Å²) in [4.78, 5) is 11.8. The third-order valence-electron chi connectivity index (χ3n) is 3.91. The zero-order valence-electron chi connectivity index (χ0n) is 13.1. The number of sulfonamides is 1. The number of rotatable bonds is 6. The number of carbonyl (C=O) groups excluding carboxylic acids is 1. The molecule has 1 heterocycles. The number of amides is 1. The summed E-state index contributed by atoms with van der Waals surface area (Å²) in [5.74, 6) is 0.510. The van der Waals surface area contributed by atoms with Crippen molar-refractivity contribution in [3.8, 4) is 0 Å². The fraction of sp³-hybridized carbons (Fsp3) is 0.667.